The van der Waals surface area contributed by atoms with Crippen LogP contribution in [0.3, 0.4) is 0 Å². The van der Waals surface area contributed by atoms with Crippen LogP contribution in [0.5, 0.6) is 0 Å². The average Bonchev–Trinajstić information content (AvgIpc) is 2.53. The lowest BCUT2D eigenvalue weighted by Crippen LogP contribution is -2.44. The zero-order valence-corrected chi connectivity index (χ0v) is 7.68. The molecule has 0 bridgehead atoms. The molecule has 1 spiro atoms. The van der Waals surface area contributed by atoms with Gasteiger partial charge in [0.15, 0.2) is 0 Å². The van der Waals surface area contributed by atoms with E-state index < -0.39 is 0 Å². The van der Waals surface area contributed by atoms with Gasteiger partial charge in [0, 0.05) is 18.6 Å². The van der Waals surface area contributed by atoms with Crippen molar-refractivity contribution in [3.05, 3.63) is 0 Å². The first-order valence-electron chi connectivity index (χ1n) is 5.24. The number of hydrogen-bond donors (Lipinski definition) is 1. The van der Waals surface area contributed by atoms with Crippen molar-refractivity contribution < 1.29 is 0 Å². The van der Waals surface area contributed by atoms with Gasteiger partial charge in [0.2, 0.25) is 0 Å². The van der Waals surface area contributed by atoms with Crippen molar-refractivity contribution in [1.29, 1.82) is 0 Å². The Hall–Kier alpha value is -0.0800. The fourth-order valence-corrected chi connectivity index (χ4v) is 3.42. The topological polar surface area (TPSA) is 29.3 Å². The second-order valence-corrected chi connectivity index (χ2v) is 5.13. The van der Waals surface area contributed by atoms with Gasteiger partial charge in [-0.05, 0) is 44.1 Å². The first kappa shape index (κ1) is 7.34. The van der Waals surface area contributed by atoms with Gasteiger partial charge in [0.05, 0.1) is 0 Å². The molecular formula is C10H18N2. The van der Waals surface area contributed by atoms with Crippen molar-refractivity contribution in [1.82, 2.24) is 4.90 Å². The molecule has 1 unspecified atom stereocenters. The average molecular weight is 166 g/mol. The maximum absolute atomic E-state index is 5.92. The summed E-state index contributed by atoms with van der Waals surface area (Å²) in [7, 11) is 0. The fraction of sp³-hybridized carbons (Fsp3) is 1.00. The Morgan fingerprint density at radius 2 is 2.08 bits per heavy atom. The summed E-state index contributed by atoms with van der Waals surface area (Å²) in [5, 5.41) is 0. The summed E-state index contributed by atoms with van der Waals surface area (Å²) in [5.74, 6) is 0. The number of nitrogens with zero attached hydrogens (tertiary/aromatic N) is 1. The standard InChI is InChI=1S/C10H18N2/c11-7-10-2-1-5-12(10)8-9(6-10)3-4-9/h1-8,11H2. The van der Waals surface area contributed by atoms with Crippen LogP contribution in [0, 0.1) is 5.41 Å². The predicted octanol–water partition coefficient (Wildman–Crippen LogP) is 0.964. The van der Waals surface area contributed by atoms with Gasteiger partial charge in [-0.25, -0.2) is 0 Å². The highest BCUT2D eigenvalue weighted by Crippen LogP contribution is 2.60. The van der Waals surface area contributed by atoms with Gasteiger partial charge < -0.3 is 5.73 Å². The summed E-state index contributed by atoms with van der Waals surface area (Å²) in [6.45, 7) is 3.58. The Balaban J connectivity index is 1.88. The van der Waals surface area contributed by atoms with Gasteiger partial charge in [-0.2, -0.15) is 0 Å². The molecule has 2 heterocycles. The first-order valence-corrected chi connectivity index (χ1v) is 5.24. The molecule has 2 saturated heterocycles. The third-order valence-corrected chi connectivity index (χ3v) is 4.31. The molecule has 68 valence electrons. The van der Waals surface area contributed by atoms with Crippen molar-refractivity contribution >= 4 is 0 Å². The maximum atomic E-state index is 5.92. The van der Waals surface area contributed by atoms with E-state index in [0.717, 1.165) is 12.0 Å². The highest BCUT2D eigenvalue weighted by Gasteiger charge is 2.59. The van der Waals surface area contributed by atoms with Crippen LogP contribution in [0.1, 0.15) is 32.1 Å². The van der Waals surface area contributed by atoms with E-state index in [1.807, 2.05) is 0 Å². The zero-order valence-electron chi connectivity index (χ0n) is 7.68. The molecule has 0 aromatic carbocycles. The lowest BCUT2D eigenvalue weighted by atomic mass is 9.89. The van der Waals surface area contributed by atoms with E-state index in [4.69, 9.17) is 5.73 Å². The van der Waals surface area contributed by atoms with Crippen LogP contribution >= 0.6 is 0 Å². The number of fused-ring (bicyclic) bond motifs is 1. The molecule has 1 aliphatic carbocycles. The Bertz CT molecular complexity index is 210. The minimum Gasteiger partial charge on any atom is -0.329 e. The molecule has 3 aliphatic rings. The largest absolute Gasteiger partial charge is 0.329 e. The van der Waals surface area contributed by atoms with Crippen LogP contribution in [0.25, 0.3) is 0 Å². The molecule has 2 nitrogen and oxygen atoms in total. The molecule has 2 N–H and O–H groups in total. The van der Waals surface area contributed by atoms with E-state index in [0.29, 0.717) is 5.54 Å². The highest BCUT2D eigenvalue weighted by atomic mass is 15.3. The molecule has 1 atom stereocenters. The Morgan fingerprint density at radius 1 is 1.25 bits per heavy atom. The summed E-state index contributed by atoms with van der Waals surface area (Å²) >= 11 is 0. The molecule has 2 heteroatoms. The van der Waals surface area contributed by atoms with Gasteiger partial charge in [-0.15, -0.1) is 0 Å². The van der Waals surface area contributed by atoms with E-state index in [1.54, 1.807) is 0 Å². The maximum Gasteiger partial charge on any atom is 0.0338 e. The van der Waals surface area contributed by atoms with Gasteiger partial charge in [0.1, 0.15) is 0 Å². The van der Waals surface area contributed by atoms with Gasteiger partial charge >= 0.3 is 0 Å². The SMILES string of the molecule is NCC12CCCN1CC1(CC1)C2. The minimum absolute atomic E-state index is 0.455. The monoisotopic (exact) mass is 166 g/mol. The third kappa shape index (κ3) is 0.775. The fourth-order valence-electron chi connectivity index (χ4n) is 3.42. The Kier molecular flexibility index (Phi) is 1.25. The molecule has 0 radical (unpaired) electrons. The number of hydrogen-bond acceptors (Lipinski definition) is 2. The molecular weight excluding hydrogens is 148 g/mol. The van der Waals surface area contributed by atoms with Crippen LogP contribution < -0.4 is 5.73 Å². The molecule has 0 aromatic heterocycles. The zero-order chi connectivity index (χ0) is 8.23. The Labute approximate surface area is 74.1 Å². The quantitative estimate of drug-likeness (QED) is 0.629. The van der Waals surface area contributed by atoms with Crippen molar-refractivity contribution in [2.24, 2.45) is 11.1 Å². The minimum atomic E-state index is 0.455. The van der Waals surface area contributed by atoms with Gasteiger partial charge in [-0.3, -0.25) is 4.90 Å². The second kappa shape index (κ2) is 2.05. The van der Waals surface area contributed by atoms with Crippen molar-refractivity contribution in [2.75, 3.05) is 19.6 Å². The number of rotatable bonds is 1. The van der Waals surface area contributed by atoms with Crippen molar-refractivity contribution in [3.63, 3.8) is 0 Å². The summed E-state index contributed by atoms with van der Waals surface area (Å²) in [5.41, 5.74) is 7.12. The normalized spacial score (nSPS) is 43.8. The van der Waals surface area contributed by atoms with E-state index in [-0.39, 0.29) is 0 Å². The van der Waals surface area contributed by atoms with Crippen LogP contribution in [-0.4, -0.2) is 30.1 Å². The van der Waals surface area contributed by atoms with E-state index in [2.05, 4.69) is 4.90 Å². The summed E-state index contributed by atoms with van der Waals surface area (Å²) in [6.07, 6.45) is 7.12. The van der Waals surface area contributed by atoms with E-state index >= 15 is 0 Å². The van der Waals surface area contributed by atoms with Gasteiger partial charge in [0.25, 0.3) is 0 Å². The summed E-state index contributed by atoms with van der Waals surface area (Å²) < 4.78 is 0. The first-order chi connectivity index (χ1) is 5.79. The van der Waals surface area contributed by atoms with E-state index in [9.17, 15) is 0 Å². The molecule has 2 aliphatic heterocycles. The lowest BCUT2D eigenvalue weighted by molar-refractivity contribution is 0.204. The van der Waals surface area contributed by atoms with E-state index in [1.165, 1.54) is 45.2 Å². The van der Waals surface area contributed by atoms with Crippen LogP contribution in [-0.2, 0) is 0 Å². The summed E-state index contributed by atoms with van der Waals surface area (Å²) in [6, 6.07) is 0. The Morgan fingerprint density at radius 3 is 2.67 bits per heavy atom. The van der Waals surface area contributed by atoms with Crippen molar-refractivity contribution in [3.8, 4) is 0 Å². The smallest absolute Gasteiger partial charge is 0.0338 e. The lowest BCUT2D eigenvalue weighted by Gasteiger charge is -2.30. The molecule has 0 amide bonds. The predicted molar refractivity (Wildman–Crippen MR) is 48.9 cm³/mol. The molecule has 3 rings (SSSR count). The third-order valence-electron chi connectivity index (χ3n) is 4.31. The molecule has 3 fully saturated rings. The molecule has 1 saturated carbocycles. The molecule has 12 heavy (non-hydrogen) atoms. The number of nitrogens with two attached hydrogens (primary N) is 1. The van der Waals surface area contributed by atoms with Crippen molar-refractivity contribution in [2.45, 2.75) is 37.6 Å². The van der Waals surface area contributed by atoms with Crippen LogP contribution in [0.15, 0.2) is 0 Å². The van der Waals surface area contributed by atoms with Gasteiger partial charge in [-0.1, -0.05) is 0 Å². The van der Waals surface area contributed by atoms with Crippen LogP contribution in [0.2, 0.25) is 0 Å². The molecule has 0 aromatic rings. The van der Waals surface area contributed by atoms with Crippen LogP contribution in [0.4, 0.5) is 0 Å². The second-order valence-electron chi connectivity index (χ2n) is 5.13. The summed E-state index contributed by atoms with van der Waals surface area (Å²) in [4.78, 5) is 2.68. The highest BCUT2D eigenvalue weighted by molar-refractivity contribution is 5.14.